The van der Waals surface area contributed by atoms with Crippen LogP contribution in [0.2, 0.25) is 5.15 Å². The average molecular weight is 335 g/mol. The van der Waals surface area contributed by atoms with Crippen molar-refractivity contribution in [2.75, 3.05) is 0 Å². The lowest BCUT2D eigenvalue weighted by Crippen LogP contribution is -2.03. The van der Waals surface area contributed by atoms with Gasteiger partial charge in [-0.2, -0.15) is 9.64 Å². The lowest BCUT2D eigenvalue weighted by atomic mass is 10.2. The number of hydrogen-bond acceptors (Lipinski definition) is 7. The Morgan fingerprint density at radius 3 is 2.90 bits per heavy atom. The van der Waals surface area contributed by atoms with Crippen molar-refractivity contribution in [3.8, 4) is 6.07 Å². The van der Waals surface area contributed by atoms with Gasteiger partial charge in [0.25, 0.3) is 0 Å². The predicted molar refractivity (Wildman–Crippen MR) is 79.3 cm³/mol. The molecule has 6 nitrogen and oxygen atoms in total. The van der Waals surface area contributed by atoms with Gasteiger partial charge in [-0.1, -0.05) is 41.9 Å². The summed E-state index contributed by atoms with van der Waals surface area (Å²) in [5.41, 5.74) is 1.45. The van der Waals surface area contributed by atoms with Crippen molar-refractivity contribution < 1.29 is 0 Å². The van der Waals surface area contributed by atoms with Crippen LogP contribution in [0, 0.1) is 11.3 Å². The smallest absolute Gasteiger partial charge is 0.215 e. The summed E-state index contributed by atoms with van der Waals surface area (Å²) in [5, 5.41) is 21.5. The van der Waals surface area contributed by atoms with Crippen molar-refractivity contribution >= 4 is 34.9 Å². The van der Waals surface area contributed by atoms with E-state index in [9.17, 15) is 0 Å². The minimum atomic E-state index is 0.215. The maximum absolute atomic E-state index is 9.08. The molecule has 2 heterocycles. The van der Waals surface area contributed by atoms with E-state index in [0.29, 0.717) is 21.5 Å². The summed E-state index contributed by atoms with van der Waals surface area (Å²) in [7, 11) is 0. The van der Waals surface area contributed by atoms with Crippen LogP contribution in [0.5, 0.6) is 0 Å². The fraction of sp³-hybridized carbons (Fsp3) is 0.0833. The third-order valence-corrected chi connectivity index (χ3v) is 4.94. The van der Waals surface area contributed by atoms with Crippen molar-refractivity contribution in [3.05, 3.63) is 46.6 Å². The molecule has 0 aliphatic rings. The number of nitrogens with zero attached hydrogens (tertiary/aromatic N) is 6. The topological polar surface area (TPSA) is 80.3 Å². The van der Waals surface area contributed by atoms with Crippen molar-refractivity contribution in [1.82, 2.24) is 24.6 Å². The fourth-order valence-corrected chi connectivity index (χ4v) is 3.65. The molecule has 0 saturated heterocycles. The van der Waals surface area contributed by atoms with Gasteiger partial charge in [-0.15, -0.1) is 5.10 Å². The molecule has 0 N–H and O–H groups in total. The molecule has 0 fully saturated rings. The molecule has 0 spiro atoms. The summed E-state index contributed by atoms with van der Waals surface area (Å²) in [6.45, 7) is 0.560. The molecule has 0 bridgehead atoms. The molecule has 0 atom stereocenters. The largest absolute Gasteiger partial charge is 0.216 e. The van der Waals surface area contributed by atoms with Gasteiger partial charge in [0.2, 0.25) is 5.16 Å². The predicted octanol–water partition coefficient (Wildman–Crippen LogP) is 2.85. The van der Waals surface area contributed by atoms with Crippen LogP contribution >= 0.6 is 34.9 Å². The van der Waals surface area contributed by atoms with Gasteiger partial charge >= 0.3 is 0 Å². The molecular formula is C12H7ClN6S2. The van der Waals surface area contributed by atoms with E-state index in [1.54, 1.807) is 4.68 Å². The number of rotatable bonds is 4. The summed E-state index contributed by atoms with van der Waals surface area (Å²) >= 11 is 8.31. The molecule has 0 aliphatic heterocycles. The third kappa shape index (κ3) is 3.05. The van der Waals surface area contributed by atoms with Crippen LogP contribution in [-0.2, 0) is 6.54 Å². The van der Waals surface area contributed by atoms with E-state index in [4.69, 9.17) is 16.9 Å². The number of aromatic nitrogens is 5. The molecule has 2 aromatic heterocycles. The van der Waals surface area contributed by atoms with E-state index in [1.807, 2.05) is 36.4 Å². The van der Waals surface area contributed by atoms with Gasteiger partial charge in [-0.05, 0) is 39.3 Å². The monoisotopic (exact) mass is 334 g/mol. The van der Waals surface area contributed by atoms with Crippen LogP contribution < -0.4 is 0 Å². The van der Waals surface area contributed by atoms with Gasteiger partial charge < -0.3 is 0 Å². The molecule has 0 unspecified atom stereocenters. The van der Waals surface area contributed by atoms with Crippen LogP contribution in [0.1, 0.15) is 11.1 Å². The highest BCUT2D eigenvalue weighted by atomic mass is 35.5. The molecule has 1 aromatic carbocycles. The summed E-state index contributed by atoms with van der Waals surface area (Å²) in [4.78, 5) is 0. The Hall–Kier alpha value is -1.95. The first-order valence-corrected chi connectivity index (χ1v) is 7.78. The maximum Gasteiger partial charge on any atom is 0.215 e. The Kier molecular flexibility index (Phi) is 4.15. The first-order valence-electron chi connectivity index (χ1n) is 5.81. The quantitative estimate of drug-likeness (QED) is 0.729. The van der Waals surface area contributed by atoms with E-state index in [-0.39, 0.29) is 5.15 Å². The molecule has 3 rings (SSSR count). The molecular weight excluding hydrogens is 328 g/mol. The lowest BCUT2D eigenvalue weighted by molar-refractivity contribution is 0.603. The van der Waals surface area contributed by atoms with Crippen LogP contribution in [0.15, 0.2) is 39.7 Å². The normalized spacial score (nSPS) is 10.5. The summed E-state index contributed by atoms with van der Waals surface area (Å²) in [6, 6.07) is 11.9. The number of nitriles is 1. The second-order valence-corrected chi connectivity index (χ2v) is 6.32. The number of hydrogen-bond donors (Lipinski definition) is 0. The van der Waals surface area contributed by atoms with Crippen LogP contribution in [0.3, 0.4) is 0 Å². The van der Waals surface area contributed by atoms with E-state index < -0.39 is 0 Å². The minimum absolute atomic E-state index is 0.215. The van der Waals surface area contributed by atoms with E-state index >= 15 is 0 Å². The Morgan fingerprint density at radius 2 is 2.14 bits per heavy atom. The highest BCUT2D eigenvalue weighted by Gasteiger charge is 2.17. The van der Waals surface area contributed by atoms with Gasteiger partial charge in [-0.3, -0.25) is 0 Å². The van der Waals surface area contributed by atoms with Gasteiger partial charge in [0, 0.05) is 0 Å². The number of benzene rings is 1. The molecule has 0 radical (unpaired) electrons. The van der Waals surface area contributed by atoms with Gasteiger partial charge in [0.1, 0.15) is 15.8 Å². The lowest BCUT2D eigenvalue weighted by Gasteiger charge is -2.03. The van der Waals surface area contributed by atoms with Crippen LogP contribution in [0.4, 0.5) is 0 Å². The fourth-order valence-electron chi connectivity index (χ4n) is 1.63. The van der Waals surface area contributed by atoms with Gasteiger partial charge in [0.05, 0.1) is 6.54 Å². The molecule has 21 heavy (non-hydrogen) atoms. The Morgan fingerprint density at radius 1 is 1.33 bits per heavy atom. The summed E-state index contributed by atoms with van der Waals surface area (Å²) in [5.74, 6) is 0. The minimum Gasteiger partial charge on any atom is -0.216 e. The van der Waals surface area contributed by atoms with Crippen molar-refractivity contribution in [2.45, 2.75) is 15.9 Å². The third-order valence-electron chi connectivity index (χ3n) is 2.59. The van der Waals surface area contributed by atoms with Crippen molar-refractivity contribution in [1.29, 1.82) is 5.26 Å². The Labute approximate surface area is 133 Å². The Bertz CT molecular complexity index is 792. The zero-order valence-corrected chi connectivity index (χ0v) is 12.9. The Balaban J connectivity index is 1.84. The second-order valence-electron chi connectivity index (χ2n) is 3.95. The SMILES string of the molecule is N#Cc1c(Cl)nsc1Sc1nnnn1Cc1ccccc1. The molecule has 0 saturated carbocycles. The highest BCUT2D eigenvalue weighted by Crippen LogP contribution is 2.35. The standard InChI is InChI=1S/C12H7ClN6S2/c13-10-9(6-14)11(21-16-10)20-12-15-17-18-19(12)7-8-4-2-1-3-5-8/h1-5H,7H2. The average Bonchev–Trinajstić information content (AvgIpc) is 3.08. The molecule has 9 heteroatoms. The van der Waals surface area contributed by atoms with E-state index in [0.717, 1.165) is 17.1 Å². The molecule has 3 aromatic rings. The maximum atomic E-state index is 9.08. The second kappa shape index (κ2) is 6.22. The highest BCUT2D eigenvalue weighted by molar-refractivity contribution is 8.01. The first kappa shape index (κ1) is 14.0. The van der Waals surface area contributed by atoms with Crippen molar-refractivity contribution in [2.24, 2.45) is 0 Å². The molecule has 0 aliphatic carbocycles. The number of halogens is 1. The van der Waals surface area contributed by atoms with Gasteiger partial charge in [-0.25, -0.2) is 4.68 Å². The number of tetrazole rings is 1. The summed E-state index contributed by atoms with van der Waals surface area (Å²) in [6.07, 6.45) is 0. The van der Waals surface area contributed by atoms with Crippen molar-refractivity contribution in [3.63, 3.8) is 0 Å². The van der Waals surface area contributed by atoms with Gasteiger partial charge in [0.15, 0.2) is 5.15 Å². The van der Waals surface area contributed by atoms with Crippen LogP contribution in [0.25, 0.3) is 0 Å². The first-order chi connectivity index (χ1) is 10.3. The summed E-state index contributed by atoms with van der Waals surface area (Å²) < 4.78 is 6.33. The zero-order chi connectivity index (χ0) is 14.7. The van der Waals surface area contributed by atoms with Crippen LogP contribution in [-0.4, -0.2) is 24.6 Å². The van der Waals surface area contributed by atoms with E-state index in [2.05, 4.69) is 19.9 Å². The zero-order valence-electron chi connectivity index (χ0n) is 10.5. The van der Waals surface area contributed by atoms with E-state index in [1.165, 1.54) is 11.8 Å². The molecule has 104 valence electrons. The molecule has 0 amide bonds.